The summed E-state index contributed by atoms with van der Waals surface area (Å²) >= 11 is 0. The van der Waals surface area contributed by atoms with Gasteiger partial charge >= 0.3 is 5.97 Å². The number of benzene rings is 1. The van der Waals surface area contributed by atoms with Gasteiger partial charge in [0.25, 0.3) is 0 Å². The number of hydrogen-bond donors (Lipinski definition) is 0. The maximum absolute atomic E-state index is 12.9. The van der Waals surface area contributed by atoms with Gasteiger partial charge in [-0.3, -0.25) is 9.59 Å². The van der Waals surface area contributed by atoms with Crippen molar-refractivity contribution < 1.29 is 19.1 Å². The molecule has 0 radical (unpaired) electrons. The molecule has 1 aromatic carbocycles. The van der Waals surface area contributed by atoms with Gasteiger partial charge in [0, 0.05) is 5.56 Å². The van der Waals surface area contributed by atoms with Crippen molar-refractivity contribution in [3.8, 4) is 0 Å². The molecule has 0 bridgehead atoms. The molecule has 23 heavy (non-hydrogen) atoms. The number of fused-ring (bicyclic) bond motifs is 1. The van der Waals surface area contributed by atoms with E-state index in [0.29, 0.717) is 13.0 Å². The van der Waals surface area contributed by atoms with Crippen LogP contribution in [0.5, 0.6) is 0 Å². The summed E-state index contributed by atoms with van der Waals surface area (Å²) in [5.41, 5.74) is 0.502. The predicted octanol–water partition coefficient (Wildman–Crippen LogP) is 2.52. The summed E-state index contributed by atoms with van der Waals surface area (Å²) < 4.78 is 11.1. The first-order valence-corrected chi connectivity index (χ1v) is 8.17. The van der Waals surface area contributed by atoms with E-state index in [1.165, 1.54) is 0 Å². The Bertz CT molecular complexity index is 600. The molecule has 124 valence electrons. The lowest BCUT2D eigenvalue weighted by Gasteiger charge is -2.36. The molecule has 1 aromatic rings. The van der Waals surface area contributed by atoms with Crippen molar-refractivity contribution >= 4 is 11.9 Å². The van der Waals surface area contributed by atoms with E-state index in [1.807, 2.05) is 30.3 Å². The molecule has 0 N–H and O–H groups in total. The average molecular weight is 317 g/mol. The van der Waals surface area contributed by atoms with Crippen LogP contribution < -0.4 is 0 Å². The summed E-state index contributed by atoms with van der Waals surface area (Å²) in [7, 11) is 0. The molecular formula is C18H23NO4. The van der Waals surface area contributed by atoms with Gasteiger partial charge in [0.05, 0.1) is 18.8 Å². The van der Waals surface area contributed by atoms with Crippen LogP contribution in [-0.4, -0.2) is 35.5 Å². The fourth-order valence-electron chi connectivity index (χ4n) is 3.67. The van der Waals surface area contributed by atoms with Crippen LogP contribution >= 0.6 is 0 Å². The zero-order valence-electron chi connectivity index (χ0n) is 13.8. The van der Waals surface area contributed by atoms with E-state index < -0.39 is 23.7 Å². The third kappa shape index (κ3) is 2.43. The highest BCUT2D eigenvalue weighted by Crippen LogP contribution is 2.50. The van der Waals surface area contributed by atoms with Gasteiger partial charge in [-0.2, -0.15) is 0 Å². The Hall–Kier alpha value is -1.88. The van der Waals surface area contributed by atoms with Crippen LogP contribution in [0.15, 0.2) is 30.3 Å². The fourth-order valence-corrected chi connectivity index (χ4v) is 3.67. The Morgan fingerprint density at radius 1 is 1.39 bits per heavy atom. The number of esters is 1. The number of ether oxygens (including phenoxy) is 2. The van der Waals surface area contributed by atoms with Gasteiger partial charge in [0.2, 0.25) is 5.91 Å². The highest BCUT2D eigenvalue weighted by molar-refractivity contribution is 6.00. The molecule has 0 aromatic heterocycles. The molecule has 2 heterocycles. The fraction of sp³-hybridized carbons (Fsp3) is 0.556. The van der Waals surface area contributed by atoms with Gasteiger partial charge in [-0.05, 0) is 19.3 Å². The second-order valence-corrected chi connectivity index (χ2v) is 6.55. The molecule has 0 spiro atoms. The maximum Gasteiger partial charge on any atom is 0.318 e. The Kier molecular flexibility index (Phi) is 4.15. The van der Waals surface area contributed by atoms with E-state index in [-0.39, 0.29) is 18.4 Å². The van der Waals surface area contributed by atoms with E-state index in [2.05, 4.69) is 13.8 Å². The number of rotatable bonds is 4. The van der Waals surface area contributed by atoms with E-state index in [1.54, 1.807) is 11.8 Å². The van der Waals surface area contributed by atoms with E-state index >= 15 is 0 Å². The van der Waals surface area contributed by atoms with Crippen LogP contribution in [0, 0.1) is 11.8 Å². The van der Waals surface area contributed by atoms with Crippen LogP contribution in [-0.2, 0) is 19.1 Å². The van der Waals surface area contributed by atoms with Crippen molar-refractivity contribution in [2.24, 2.45) is 11.8 Å². The van der Waals surface area contributed by atoms with Crippen LogP contribution in [0.4, 0.5) is 0 Å². The average Bonchev–Trinajstić information content (AvgIpc) is 3.06. The van der Waals surface area contributed by atoms with Gasteiger partial charge in [0.15, 0.2) is 6.23 Å². The summed E-state index contributed by atoms with van der Waals surface area (Å²) in [6, 6.07) is 9.69. The SMILES string of the molecule is CCOC(=O)C1CC2(C(C)C)COC(c3ccccc3)N2C1=O. The molecule has 3 atom stereocenters. The Morgan fingerprint density at radius 3 is 2.70 bits per heavy atom. The van der Waals surface area contributed by atoms with Crippen LogP contribution in [0.3, 0.4) is 0 Å². The summed E-state index contributed by atoms with van der Waals surface area (Å²) in [5.74, 6) is -1.12. The molecule has 2 aliphatic heterocycles. The largest absolute Gasteiger partial charge is 0.465 e. The summed E-state index contributed by atoms with van der Waals surface area (Å²) in [6.45, 7) is 6.64. The summed E-state index contributed by atoms with van der Waals surface area (Å²) in [5, 5.41) is 0. The second-order valence-electron chi connectivity index (χ2n) is 6.55. The number of amides is 1. The molecule has 3 rings (SSSR count). The van der Waals surface area contributed by atoms with E-state index in [0.717, 1.165) is 5.56 Å². The van der Waals surface area contributed by atoms with Crippen molar-refractivity contribution in [2.45, 2.75) is 39.0 Å². The quantitative estimate of drug-likeness (QED) is 0.632. The predicted molar refractivity (Wildman–Crippen MR) is 84.3 cm³/mol. The lowest BCUT2D eigenvalue weighted by Crippen LogP contribution is -2.47. The van der Waals surface area contributed by atoms with Crippen LogP contribution in [0.1, 0.15) is 39.0 Å². The zero-order valence-corrected chi connectivity index (χ0v) is 13.8. The summed E-state index contributed by atoms with van der Waals surface area (Å²) in [6.07, 6.45) is 0.0385. The molecule has 2 saturated heterocycles. The minimum atomic E-state index is -0.715. The van der Waals surface area contributed by atoms with Crippen molar-refractivity contribution in [3.05, 3.63) is 35.9 Å². The maximum atomic E-state index is 12.9. The Morgan fingerprint density at radius 2 is 2.09 bits per heavy atom. The molecule has 1 amide bonds. The van der Waals surface area contributed by atoms with Gasteiger partial charge in [-0.15, -0.1) is 0 Å². The Labute approximate surface area is 136 Å². The lowest BCUT2D eigenvalue weighted by atomic mass is 9.83. The van der Waals surface area contributed by atoms with Crippen molar-refractivity contribution in [1.29, 1.82) is 0 Å². The first-order chi connectivity index (χ1) is 11.0. The van der Waals surface area contributed by atoms with Crippen molar-refractivity contribution in [2.75, 3.05) is 13.2 Å². The molecule has 2 fully saturated rings. The molecule has 5 nitrogen and oxygen atoms in total. The van der Waals surface area contributed by atoms with Gasteiger partial charge in [-0.25, -0.2) is 0 Å². The van der Waals surface area contributed by atoms with Gasteiger partial charge in [0.1, 0.15) is 5.92 Å². The molecule has 3 unspecified atom stereocenters. The number of nitrogens with zero attached hydrogens (tertiary/aromatic N) is 1. The highest BCUT2D eigenvalue weighted by atomic mass is 16.5. The molecule has 2 aliphatic rings. The standard InChI is InChI=1S/C18H23NO4/c1-4-22-17(21)14-10-18(12(2)3)11-23-16(19(18)15(14)20)13-8-6-5-7-9-13/h5-9,12,14,16H,4,10-11H2,1-3H3. The molecular weight excluding hydrogens is 294 g/mol. The first kappa shape index (κ1) is 16.0. The van der Waals surface area contributed by atoms with E-state index in [4.69, 9.17) is 9.47 Å². The van der Waals surface area contributed by atoms with Gasteiger partial charge in [-0.1, -0.05) is 44.2 Å². The minimum Gasteiger partial charge on any atom is -0.465 e. The van der Waals surface area contributed by atoms with E-state index in [9.17, 15) is 9.59 Å². The van der Waals surface area contributed by atoms with Crippen LogP contribution in [0.2, 0.25) is 0 Å². The second kappa shape index (κ2) is 5.96. The monoisotopic (exact) mass is 317 g/mol. The topological polar surface area (TPSA) is 55.8 Å². The Balaban J connectivity index is 1.96. The number of carbonyl (C=O) groups is 2. The first-order valence-electron chi connectivity index (χ1n) is 8.17. The zero-order chi connectivity index (χ0) is 16.6. The molecule has 0 aliphatic carbocycles. The van der Waals surface area contributed by atoms with Crippen molar-refractivity contribution in [3.63, 3.8) is 0 Å². The van der Waals surface area contributed by atoms with Crippen molar-refractivity contribution in [1.82, 2.24) is 4.90 Å². The third-order valence-electron chi connectivity index (χ3n) is 5.03. The lowest BCUT2D eigenvalue weighted by molar-refractivity contribution is -0.154. The van der Waals surface area contributed by atoms with Gasteiger partial charge < -0.3 is 14.4 Å². The molecule has 0 saturated carbocycles. The third-order valence-corrected chi connectivity index (χ3v) is 5.03. The smallest absolute Gasteiger partial charge is 0.318 e. The number of hydrogen-bond acceptors (Lipinski definition) is 4. The summed E-state index contributed by atoms with van der Waals surface area (Å²) in [4.78, 5) is 26.9. The molecule has 5 heteroatoms. The van der Waals surface area contributed by atoms with Crippen LogP contribution in [0.25, 0.3) is 0 Å². The normalized spacial score (nSPS) is 29.9. The number of carbonyl (C=O) groups excluding carboxylic acids is 2. The highest BCUT2D eigenvalue weighted by Gasteiger charge is 2.61. The minimum absolute atomic E-state index is 0.177.